The summed E-state index contributed by atoms with van der Waals surface area (Å²) >= 11 is 0. The molecule has 7 nitrogen and oxygen atoms in total. The maximum Gasteiger partial charge on any atom is 0.298 e. The molecule has 0 aliphatic carbocycles. The van der Waals surface area contributed by atoms with Gasteiger partial charge in [-0.2, -0.15) is 5.10 Å². The maximum absolute atomic E-state index is 12.5. The topological polar surface area (TPSA) is 103 Å². The Labute approximate surface area is 155 Å². The van der Waals surface area contributed by atoms with Gasteiger partial charge in [0.25, 0.3) is 6.47 Å². The number of hydrogen-bond donors (Lipinski definition) is 0. The van der Waals surface area contributed by atoms with Crippen LogP contribution in [0, 0.1) is 0 Å². The zero-order valence-corrected chi connectivity index (χ0v) is 14.8. The number of benzene rings is 2. The van der Waals surface area contributed by atoms with E-state index in [2.05, 4.69) is 14.9 Å². The summed E-state index contributed by atoms with van der Waals surface area (Å²) in [4.78, 5) is 22.8. The number of aromatic nitrogens is 2. The fourth-order valence-electron chi connectivity index (χ4n) is 2.41. The van der Waals surface area contributed by atoms with E-state index < -0.39 is 9.84 Å². The summed E-state index contributed by atoms with van der Waals surface area (Å²) in [6.45, 7) is 0.310. The van der Waals surface area contributed by atoms with E-state index in [9.17, 15) is 18.0 Å². The molecule has 0 saturated heterocycles. The van der Waals surface area contributed by atoms with Crippen molar-refractivity contribution in [2.24, 2.45) is 0 Å². The molecule has 0 radical (unpaired) electrons. The van der Waals surface area contributed by atoms with E-state index in [-0.39, 0.29) is 16.6 Å². The van der Waals surface area contributed by atoms with Gasteiger partial charge in [0.15, 0.2) is 10.8 Å². The molecular formula is C19H14N2O5S. The lowest BCUT2D eigenvalue weighted by Gasteiger charge is -2.06. The molecule has 2 aromatic carbocycles. The van der Waals surface area contributed by atoms with Gasteiger partial charge < -0.3 is 4.74 Å². The Kier molecular flexibility index (Phi) is 5.37. The Balaban J connectivity index is 1.75. The normalized spacial score (nSPS) is 11.0. The van der Waals surface area contributed by atoms with Crippen molar-refractivity contribution < 1.29 is 22.7 Å². The molecule has 1 heterocycles. The molecule has 136 valence electrons. The van der Waals surface area contributed by atoms with E-state index in [1.807, 2.05) is 0 Å². The highest BCUT2D eigenvalue weighted by Gasteiger charge is 2.17. The lowest BCUT2D eigenvalue weighted by atomic mass is 10.0. The summed E-state index contributed by atoms with van der Waals surface area (Å²) < 4.78 is 29.3. The van der Waals surface area contributed by atoms with Crippen molar-refractivity contribution in [1.82, 2.24) is 10.2 Å². The van der Waals surface area contributed by atoms with Crippen molar-refractivity contribution in [3.63, 3.8) is 0 Å². The Morgan fingerprint density at radius 1 is 0.963 bits per heavy atom. The molecule has 0 spiro atoms. The van der Waals surface area contributed by atoms with Gasteiger partial charge in [0, 0.05) is 17.3 Å². The molecule has 0 N–H and O–H groups in total. The average Bonchev–Trinajstić information content (AvgIpc) is 2.69. The fraction of sp³-hybridized carbons (Fsp3) is 0.0526. The van der Waals surface area contributed by atoms with Gasteiger partial charge in [0.2, 0.25) is 9.84 Å². The van der Waals surface area contributed by atoms with Crippen LogP contribution in [0.4, 0.5) is 0 Å². The van der Waals surface area contributed by atoms with Crippen LogP contribution >= 0.6 is 0 Å². The van der Waals surface area contributed by atoms with E-state index in [0.717, 1.165) is 0 Å². The van der Waals surface area contributed by atoms with Gasteiger partial charge in [-0.3, -0.25) is 9.59 Å². The molecule has 0 saturated carbocycles. The quantitative estimate of drug-likeness (QED) is 0.456. The second kappa shape index (κ2) is 7.88. The molecule has 0 fully saturated rings. The van der Waals surface area contributed by atoms with Crippen molar-refractivity contribution in [3.05, 3.63) is 83.6 Å². The minimum absolute atomic E-state index is 0.0946. The molecule has 0 aliphatic rings. The Morgan fingerprint density at radius 3 is 2.15 bits per heavy atom. The Hall–Kier alpha value is -3.39. The SMILES string of the molecule is O=COc1ccc(C(=O)c2ccc(CS(=O)(=O)c3cccnn3)cc2)cc1. The Morgan fingerprint density at radius 2 is 1.59 bits per heavy atom. The number of ketones is 1. The molecule has 0 amide bonds. The molecule has 0 unspecified atom stereocenters. The summed E-state index contributed by atoms with van der Waals surface area (Å²) in [5.41, 5.74) is 1.37. The van der Waals surface area contributed by atoms with Crippen molar-refractivity contribution >= 4 is 22.1 Å². The van der Waals surface area contributed by atoms with Crippen molar-refractivity contribution in [2.75, 3.05) is 0 Å². The average molecular weight is 382 g/mol. The number of hydrogen-bond acceptors (Lipinski definition) is 7. The third-order valence-electron chi connectivity index (χ3n) is 3.74. The van der Waals surface area contributed by atoms with Crippen molar-refractivity contribution in [1.29, 1.82) is 0 Å². The number of carbonyl (C=O) groups is 2. The highest BCUT2D eigenvalue weighted by Crippen LogP contribution is 2.18. The highest BCUT2D eigenvalue weighted by atomic mass is 32.2. The number of ether oxygens (including phenoxy) is 1. The van der Waals surface area contributed by atoms with Gasteiger partial charge in [-0.25, -0.2) is 8.42 Å². The lowest BCUT2D eigenvalue weighted by molar-refractivity contribution is -0.120. The molecule has 0 bridgehead atoms. The number of carbonyl (C=O) groups excluding carboxylic acids is 2. The van der Waals surface area contributed by atoms with Crippen LogP contribution in [0.2, 0.25) is 0 Å². The van der Waals surface area contributed by atoms with E-state index >= 15 is 0 Å². The van der Waals surface area contributed by atoms with Crippen LogP contribution in [-0.4, -0.2) is 30.9 Å². The van der Waals surface area contributed by atoms with Crippen molar-refractivity contribution in [3.8, 4) is 5.75 Å². The summed E-state index contributed by atoms with van der Waals surface area (Å²) in [7, 11) is -3.61. The zero-order chi connectivity index (χ0) is 19.3. The van der Waals surface area contributed by atoms with Crippen LogP contribution in [0.25, 0.3) is 0 Å². The van der Waals surface area contributed by atoms with Crippen LogP contribution in [0.1, 0.15) is 21.5 Å². The van der Waals surface area contributed by atoms with Crippen molar-refractivity contribution in [2.45, 2.75) is 10.8 Å². The predicted octanol–water partition coefficient (Wildman–Crippen LogP) is 2.22. The minimum Gasteiger partial charge on any atom is -0.429 e. The molecule has 3 aromatic rings. The van der Waals surface area contributed by atoms with Crippen LogP contribution in [0.3, 0.4) is 0 Å². The molecular weight excluding hydrogens is 368 g/mol. The first-order valence-corrected chi connectivity index (χ1v) is 9.49. The maximum atomic E-state index is 12.5. The van der Waals surface area contributed by atoms with Crippen LogP contribution in [0.15, 0.2) is 71.9 Å². The zero-order valence-electron chi connectivity index (χ0n) is 14.0. The molecule has 8 heteroatoms. The molecule has 3 rings (SSSR count). The smallest absolute Gasteiger partial charge is 0.298 e. The molecule has 0 atom stereocenters. The summed E-state index contributed by atoms with van der Waals surface area (Å²) in [5, 5.41) is 7.11. The number of rotatable bonds is 7. The highest BCUT2D eigenvalue weighted by molar-refractivity contribution is 7.90. The number of sulfone groups is 1. The first-order chi connectivity index (χ1) is 13.0. The van der Waals surface area contributed by atoms with E-state index in [1.54, 1.807) is 36.4 Å². The van der Waals surface area contributed by atoms with Crippen LogP contribution in [-0.2, 0) is 20.4 Å². The predicted molar refractivity (Wildman–Crippen MR) is 95.9 cm³/mol. The van der Waals surface area contributed by atoms with Gasteiger partial charge in [0.05, 0.1) is 5.75 Å². The monoisotopic (exact) mass is 382 g/mol. The second-order valence-corrected chi connectivity index (χ2v) is 7.52. The number of nitrogens with zero attached hydrogens (tertiary/aromatic N) is 2. The summed E-state index contributed by atoms with van der Waals surface area (Å²) in [5.74, 6) is -0.125. The Bertz CT molecular complexity index is 1050. The van der Waals surface area contributed by atoms with Gasteiger partial charge >= 0.3 is 0 Å². The fourth-order valence-corrected chi connectivity index (χ4v) is 3.64. The summed E-state index contributed by atoms with van der Waals surface area (Å²) in [6.07, 6.45) is 1.40. The molecule has 1 aromatic heterocycles. The first-order valence-electron chi connectivity index (χ1n) is 7.84. The van der Waals surface area contributed by atoms with Gasteiger partial charge in [-0.1, -0.05) is 24.3 Å². The molecule has 0 aliphatic heterocycles. The summed E-state index contributed by atoms with van der Waals surface area (Å²) in [6, 6.07) is 15.3. The van der Waals surface area contributed by atoms with Gasteiger partial charge in [-0.15, -0.1) is 5.10 Å². The van der Waals surface area contributed by atoms with Gasteiger partial charge in [-0.05, 0) is 42.0 Å². The lowest BCUT2D eigenvalue weighted by Crippen LogP contribution is -2.08. The van der Waals surface area contributed by atoms with Gasteiger partial charge in [0.1, 0.15) is 5.75 Å². The largest absolute Gasteiger partial charge is 0.429 e. The third kappa shape index (κ3) is 4.42. The van der Waals surface area contributed by atoms with E-state index in [4.69, 9.17) is 0 Å². The van der Waals surface area contributed by atoms with E-state index in [0.29, 0.717) is 28.9 Å². The third-order valence-corrected chi connectivity index (χ3v) is 5.31. The standard InChI is InChI=1S/C19H14N2O5S/c22-13-26-17-9-7-16(8-10-17)19(23)15-5-3-14(4-6-15)12-27(24,25)18-2-1-11-20-21-18/h1-11,13H,12H2. The second-order valence-electron chi connectivity index (χ2n) is 5.59. The molecule has 27 heavy (non-hydrogen) atoms. The van der Waals surface area contributed by atoms with E-state index in [1.165, 1.54) is 30.5 Å². The van der Waals surface area contributed by atoms with Crippen LogP contribution in [0.5, 0.6) is 5.75 Å². The minimum atomic E-state index is -3.61. The first kappa shape index (κ1) is 18.4. The van der Waals surface area contributed by atoms with Crippen LogP contribution < -0.4 is 4.74 Å².